The summed E-state index contributed by atoms with van der Waals surface area (Å²) in [4.78, 5) is 0. The van der Waals surface area contributed by atoms with Gasteiger partial charge in [-0.1, -0.05) is 23.7 Å². The summed E-state index contributed by atoms with van der Waals surface area (Å²) < 4.78 is 36.5. The Morgan fingerprint density at radius 3 is 2.13 bits per heavy atom. The minimum atomic E-state index is -4.19. The van der Waals surface area contributed by atoms with Gasteiger partial charge in [0.25, 0.3) is 0 Å². The van der Waals surface area contributed by atoms with Crippen molar-refractivity contribution in [3.63, 3.8) is 0 Å². The number of benzene rings is 1. The third kappa shape index (κ3) is 4.10. The van der Waals surface area contributed by atoms with Crippen LogP contribution in [-0.4, -0.2) is 12.7 Å². The Hall–Kier alpha value is -0.740. The van der Waals surface area contributed by atoms with Crippen molar-refractivity contribution in [3.8, 4) is 0 Å². The van der Waals surface area contributed by atoms with Crippen LogP contribution >= 0.6 is 11.6 Å². The van der Waals surface area contributed by atoms with Crippen LogP contribution in [0.4, 0.5) is 13.2 Å². The average molecular weight is 238 g/mol. The van der Waals surface area contributed by atoms with Gasteiger partial charge >= 0.3 is 6.18 Å². The van der Waals surface area contributed by atoms with E-state index >= 15 is 0 Å². The number of hydrogen-bond donors (Lipinski definition) is 1. The summed E-state index contributed by atoms with van der Waals surface area (Å²) in [5, 5.41) is 0.501. The summed E-state index contributed by atoms with van der Waals surface area (Å²) in [7, 11) is 0. The third-order valence-electron chi connectivity index (χ3n) is 2.10. The van der Waals surface area contributed by atoms with E-state index in [0.717, 1.165) is 0 Å². The molecule has 0 radical (unpaired) electrons. The molecule has 0 aliphatic carbocycles. The molecule has 0 heterocycles. The van der Waals surface area contributed by atoms with Gasteiger partial charge in [0.15, 0.2) is 0 Å². The second kappa shape index (κ2) is 4.86. The first kappa shape index (κ1) is 12.3. The van der Waals surface area contributed by atoms with E-state index in [2.05, 4.69) is 0 Å². The molecule has 0 amide bonds. The van der Waals surface area contributed by atoms with Crippen LogP contribution in [0, 0.1) is 0 Å². The van der Waals surface area contributed by atoms with E-state index < -0.39 is 18.5 Å². The first-order valence-corrected chi connectivity index (χ1v) is 4.82. The van der Waals surface area contributed by atoms with Crippen LogP contribution in [0.3, 0.4) is 0 Å². The molecule has 5 heteroatoms. The van der Waals surface area contributed by atoms with Crippen molar-refractivity contribution in [2.45, 2.75) is 18.5 Å². The lowest BCUT2D eigenvalue weighted by molar-refractivity contribution is -0.138. The lowest BCUT2D eigenvalue weighted by Crippen LogP contribution is -2.20. The summed E-state index contributed by atoms with van der Waals surface area (Å²) in [6, 6.07) is 6.28. The lowest BCUT2D eigenvalue weighted by atomic mass is 9.96. The van der Waals surface area contributed by atoms with Gasteiger partial charge in [0.2, 0.25) is 0 Å². The topological polar surface area (TPSA) is 26.0 Å². The highest BCUT2D eigenvalue weighted by molar-refractivity contribution is 6.30. The number of hydrogen-bond acceptors (Lipinski definition) is 1. The summed E-state index contributed by atoms with van der Waals surface area (Å²) in [5.74, 6) is -0.692. The fourth-order valence-corrected chi connectivity index (χ4v) is 1.48. The molecule has 1 aromatic rings. The Labute approximate surface area is 91.0 Å². The highest BCUT2D eigenvalue weighted by atomic mass is 35.5. The van der Waals surface area contributed by atoms with E-state index in [9.17, 15) is 13.2 Å². The maximum Gasteiger partial charge on any atom is 0.389 e. The fraction of sp³-hybridized carbons (Fsp3) is 0.400. The van der Waals surface area contributed by atoms with Crippen LogP contribution in [0.25, 0.3) is 0 Å². The van der Waals surface area contributed by atoms with Gasteiger partial charge in [0.1, 0.15) is 0 Å². The zero-order valence-electron chi connectivity index (χ0n) is 7.89. The van der Waals surface area contributed by atoms with E-state index in [0.29, 0.717) is 10.6 Å². The van der Waals surface area contributed by atoms with Crippen molar-refractivity contribution in [3.05, 3.63) is 34.9 Å². The van der Waals surface area contributed by atoms with E-state index in [1.165, 1.54) is 0 Å². The van der Waals surface area contributed by atoms with E-state index in [1.807, 2.05) is 0 Å². The number of rotatable bonds is 3. The zero-order chi connectivity index (χ0) is 11.5. The SMILES string of the molecule is NC[C@@H](CC(F)(F)F)c1ccc(Cl)cc1. The van der Waals surface area contributed by atoms with Gasteiger partial charge in [-0.2, -0.15) is 13.2 Å². The first-order chi connectivity index (χ1) is 6.92. The van der Waals surface area contributed by atoms with E-state index in [1.54, 1.807) is 24.3 Å². The minimum Gasteiger partial charge on any atom is -0.330 e. The largest absolute Gasteiger partial charge is 0.389 e. The molecule has 0 unspecified atom stereocenters. The molecule has 84 valence electrons. The number of halogens is 4. The molecule has 1 atom stereocenters. The minimum absolute atomic E-state index is 0.0266. The van der Waals surface area contributed by atoms with Gasteiger partial charge < -0.3 is 5.73 Å². The van der Waals surface area contributed by atoms with Crippen molar-refractivity contribution in [1.29, 1.82) is 0 Å². The summed E-state index contributed by atoms with van der Waals surface area (Å²) in [6.45, 7) is -0.0266. The van der Waals surface area contributed by atoms with E-state index in [-0.39, 0.29) is 6.54 Å². The molecule has 1 rings (SSSR count). The van der Waals surface area contributed by atoms with Crippen LogP contribution in [0.2, 0.25) is 5.02 Å². The van der Waals surface area contributed by atoms with Crippen LogP contribution in [-0.2, 0) is 0 Å². The Morgan fingerprint density at radius 1 is 1.20 bits per heavy atom. The molecule has 1 nitrogen and oxygen atoms in total. The Bertz CT molecular complexity index is 307. The highest BCUT2D eigenvalue weighted by Crippen LogP contribution is 2.30. The summed E-state index contributed by atoms with van der Waals surface area (Å²) in [6.07, 6.45) is -5.09. The summed E-state index contributed by atoms with van der Waals surface area (Å²) >= 11 is 5.64. The molecule has 0 aliphatic heterocycles. The average Bonchev–Trinajstić information content (AvgIpc) is 2.14. The predicted molar refractivity (Wildman–Crippen MR) is 53.9 cm³/mol. The van der Waals surface area contributed by atoms with Crippen LogP contribution in [0.15, 0.2) is 24.3 Å². The van der Waals surface area contributed by atoms with Crippen molar-refractivity contribution >= 4 is 11.6 Å². The maximum atomic E-state index is 12.2. The van der Waals surface area contributed by atoms with Gasteiger partial charge in [-0.25, -0.2) is 0 Å². The maximum absolute atomic E-state index is 12.2. The van der Waals surface area contributed by atoms with E-state index in [4.69, 9.17) is 17.3 Å². The summed E-state index contributed by atoms with van der Waals surface area (Å²) in [5.41, 5.74) is 5.89. The number of nitrogens with two attached hydrogens (primary N) is 1. The molecule has 1 aromatic carbocycles. The van der Waals surface area contributed by atoms with Gasteiger partial charge in [-0.3, -0.25) is 0 Å². The Morgan fingerprint density at radius 2 is 1.73 bits per heavy atom. The first-order valence-electron chi connectivity index (χ1n) is 4.44. The van der Waals surface area contributed by atoms with Crippen LogP contribution < -0.4 is 5.73 Å². The second-order valence-corrected chi connectivity index (χ2v) is 3.74. The predicted octanol–water partition coefficient (Wildman–Crippen LogP) is 3.33. The molecular weight excluding hydrogens is 227 g/mol. The van der Waals surface area contributed by atoms with Crippen LogP contribution in [0.5, 0.6) is 0 Å². The molecular formula is C10H11ClF3N. The second-order valence-electron chi connectivity index (χ2n) is 3.30. The van der Waals surface area contributed by atoms with Gasteiger partial charge in [-0.15, -0.1) is 0 Å². The lowest BCUT2D eigenvalue weighted by Gasteiger charge is -2.17. The fourth-order valence-electron chi connectivity index (χ4n) is 1.35. The Balaban J connectivity index is 2.79. The highest BCUT2D eigenvalue weighted by Gasteiger charge is 2.31. The third-order valence-corrected chi connectivity index (χ3v) is 2.36. The number of alkyl halides is 3. The zero-order valence-corrected chi connectivity index (χ0v) is 8.65. The van der Waals surface area contributed by atoms with Gasteiger partial charge in [0.05, 0.1) is 6.42 Å². The smallest absolute Gasteiger partial charge is 0.330 e. The molecule has 0 spiro atoms. The standard InChI is InChI=1S/C10H11ClF3N/c11-9-3-1-7(2-4-9)8(6-15)5-10(12,13)14/h1-4,8H,5-6,15H2/t8-/m1/s1. The van der Waals surface area contributed by atoms with Crippen molar-refractivity contribution < 1.29 is 13.2 Å². The van der Waals surface area contributed by atoms with Crippen molar-refractivity contribution in [2.24, 2.45) is 5.73 Å². The molecule has 0 aliphatic rings. The van der Waals surface area contributed by atoms with Crippen molar-refractivity contribution in [2.75, 3.05) is 6.54 Å². The molecule has 0 saturated heterocycles. The molecule has 15 heavy (non-hydrogen) atoms. The molecule has 2 N–H and O–H groups in total. The van der Waals surface area contributed by atoms with Crippen molar-refractivity contribution in [1.82, 2.24) is 0 Å². The Kier molecular flexibility index (Phi) is 3.99. The van der Waals surface area contributed by atoms with Gasteiger partial charge in [0, 0.05) is 10.9 Å². The molecule has 0 aromatic heterocycles. The normalized spacial score (nSPS) is 13.9. The molecule has 0 bridgehead atoms. The molecule has 0 saturated carbocycles. The van der Waals surface area contributed by atoms with Gasteiger partial charge in [-0.05, 0) is 24.2 Å². The molecule has 0 fully saturated rings. The quantitative estimate of drug-likeness (QED) is 0.857. The van der Waals surface area contributed by atoms with Crippen LogP contribution in [0.1, 0.15) is 17.9 Å². The monoisotopic (exact) mass is 237 g/mol.